The molecule has 0 aromatic heterocycles. The van der Waals surface area contributed by atoms with Crippen molar-refractivity contribution >= 4 is 5.97 Å². The number of esters is 1. The molecule has 4 heteroatoms. The minimum Gasteiger partial charge on any atom is -0.497 e. The van der Waals surface area contributed by atoms with Gasteiger partial charge in [0.25, 0.3) is 0 Å². The van der Waals surface area contributed by atoms with Crippen molar-refractivity contribution in [2.45, 2.75) is 38.5 Å². The first-order chi connectivity index (χ1) is 10.7. The summed E-state index contributed by atoms with van der Waals surface area (Å²) in [6, 6.07) is 8.45. The lowest BCUT2D eigenvalue weighted by Gasteiger charge is -2.32. The first-order valence-electron chi connectivity index (χ1n) is 8.25. The molecule has 22 heavy (non-hydrogen) atoms. The highest BCUT2D eigenvalue weighted by Gasteiger charge is 2.20. The molecule has 0 N–H and O–H groups in total. The lowest BCUT2D eigenvalue weighted by atomic mass is 9.89. The van der Waals surface area contributed by atoms with Crippen LogP contribution < -0.4 is 4.74 Å². The SMILES string of the molecule is CCOC(=O)CCCN1CCC(c2ccc(OC)cc2)CC1. The van der Waals surface area contributed by atoms with E-state index < -0.39 is 0 Å². The summed E-state index contributed by atoms with van der Waals surface area (Å²) in [6.07, 6.45) is 3.80. The summed E-state index contributed by atoms with van der Waals surface area (Å²) in [5.41, 5.74) is 1.41. The average Bonchev–Trinajstić information content (AvgIpc) is 2.56. The molecule has 0 unspecified atom stereocenters. The fourth-order valence-corrected chi connectivity index (χ4v) is 3.05. The highest BCUT2D eigenvalue weighted by Crippen LogP contribution is 2.29. The van der Waals surface area contributed by atoms with Crippen LogP contribution in [0.1, 0.15) is 44.1 Å². The Balaban J connectivity index is 1.70. The second kappa shape index (κ2) is 8.79. The van der Waals surface area contributed by atoms with Crippen LogP contribution in [0.15, 0.2) is 24.3 Å². The van der Waals surface area contributed by atoms with Crippen molar-refractivity contribution in [3.63, 3.8) is 0 Å². The van der Waals surface area contributed by atoms with Gasteiger partial charge in [-0.25, -0.2) is 0 Å². The molecule has 0 aliphatic carbocycles. The summed E-state index contributed by atoms with van der Waals surface area (Å²) in [6.45, 7) is 5.54. The third-order valence-electron chi connectivity index (χ3n) is 4.34. The Hall–Kier alpha value is -1.55. The van der Waals surface area contributed by atoms with Gasteiger partial charge >= 0.3 is 5.97 Å². The summed E-state index contributed by atoms with van der Waals surface area (Å²) in [7, 11) is 1.70. The normalized spacial score (nSPS) is 16.5. The van der Waals surface area contributed by atoms with Crippen LogP contribution in [0.5, 0.6) is 5.75 Å². The maximum Gasteiger partial charge on any atom is 0.305 e. The standard InChI is InChI=1S/C18H27NO3/c1-3-22-18(20)5-4-12-19-13-10-16(11-14-19)15-6-8-17(21-2)9-7-15/h6-9,16H,3-5,10-14H2,1-2H3. The zero-order chi connectivity index (χ0) is 15.8. The smallest absolute Gasteiger partial charge is 0.305 e. The van der Waals surface area contributed by atoms with Crippen LogP contribution in [-0.4, -0.2) is 44.2 Å². The van der Waals surface area contributed by atoms with Crippen LogP contribution in [0.3, 0.4) is 0 Å². The van der Waals surface area contributed by atoms with Crippen LogP contribution in [0.25, 0.3) is 0 Å². The molecule has 2 rings (SSSR count). The van der Waals surface area contributed by atoms with Crippen LogP contribution in [0.2, 0.25) is 0 Å². The van der Waals surface area contributed by atoms with Gasteiger partial charge in [0, 0.05) is 6.42 Å². The molecule has 1 saturated heterocycles. The largest absolute Gasteiger partial charge is 0.497 e. The van der Waals surface area contributed by atoms with E-state index in [1.165, 1.54) is 18.4 Å². The highest BCUT2D eigenvalue weighted by atomic mass is 16.5. The highest BCUT2D eigenvalue weighted by molar-refractivity contribution is 5.69. The average molecular weight is 305 g/mol. The van der Waals surface area contributed by atoms with Crippen LogP contribution in [0.4, 0.5) is 0 Å². The Labute approximate surface area is 133 Å². The molecule has 4 nitrogen and oxygen atoms in total. The van der Waals surface area contributed by atoms with Gasteiger partial charge in [-0.2, -0.15) is 0 Å². The molecule has 1 aromatic rings. The van der Waals surface area contributed by atoms with Gasteiger partial charge in [-0.3, -0.25) is 4.79 Å². The fourth-order valence-electron chi connectivity index (χ4n) is 3.05. The van der Waals surface area contributed by atoms with Gasteiger partial charge in [-0.15, -0.1) is 0 Å². The van der Waals surface area contributed by atoms with Crippen molar-refractivity contribution in [3.05, 3.63) is 29.8 Å². The van der Waals surface area contributed by atoms with Gasteiger partial charge in [-0.05, 0) is 69.4 Å². The Morgan fingerprint density at radius 3 is 2.50 bits per heavy atom. The van der Waals surface area contributed by atoms with Crippen molar-refractivity contribution < 1.29 is 14.3 Å². The van der Waals surface area contributed by atoms with Gasteiger partial charge in [0.15, 0.2) is 0 Å². The van der Waals surface area contributed by atoms with E-state index in [-0.39, 0.29) is 5.97 Å². The fraction of sp³-hybridized carbons (Fsp3) is 0.611. The quantitative estimate of drug-likeness (QED) is 0.725. The molecule has 0 amide bonds. The minimum absolute atomic E-state index is 0.0735. The van der Waals surface area contributed by atoms with Crippen molar-refractivity contribution in [1.29, 1.82) is 0 Å². The lowest BCUT2D eigenvalue weighted by molar-refractivity contribution is -0.143. The van der Waals surface area contributed by atoms with Gasteiger partial charge < -0.3 is 14.4 Å². The first kappa shape index (κ1) is 16.8. The van der Waals surface area contributed by atoms with E-state index in [0.717, 1.165) is 31.8 Å². The molecule has 0 atom stereocenters. The third kappa shape index (κ3) is 5.02. The number of hydrogen-bond donors (Lipinski definition) is 0. The van der Waals surface area contributed by atoms with E-state index >= 15 is 0 Å². The van der Waals surface area contributed by atoms with Crippen molar-refractivity contribution in [1.82, 2.24) is 4.90 Å². The zero-order valence-corrected chi connectivity index (χ0v) is 13.7. The van der Waals surface area contributed by atoms with Crippen LogP contribution in [-0.2, 0) is 9.53 Å². The third-order valence-corrected chi connectivity index (χ3v) is 4.34. The number of methoxy groups -OCH3 is 1. The lowest BCUT2D eigenvalue weighted by Crippen LogP contribution is -2.33. The first-order valence-corrected chi connectivity index (χ1v) is 8.25. The number of rotatable bonds is 7. The topological polar surface area (TPSA) is 38.8 Å². The summed E-state index contributed by atoms with van der Waals surface area (Å²) < 4.78 is 10.2. The van der Waals surface area contributed by atoms with Gasteiger partial charge in [0.05, 0.1) is 13.7 Å². The molecule has 1 aliphatic rings. The van der Waals surface area contributed by atoms with E-state index in [1.54, 1.807) is 7.11 Å². The Morgan fingerprint density at radius 1 is 1.23 bits per heavy atom. The Kier molecular flexibility index (Phi) is 6.72. The number of likely N-dealkylation sites (tertiary alicyclic amines) is 1. The predicted octanol–water partition coefficient (Wildman–Crippen LogP) is 3.22. The molecular formula is C18H27NO3. The van der Waals surface area contributed by atoms with E-state index in [4.69, 9.17) is 9.47 Å². The maximum absolute atomic E-state index is 11.3. The molecule has 1 fully saturated rings. The van der Waals surface area contributed by atoms with Crippen molar-refractivity contribution in [3.8, 4) is 5.75 Å². The van der Waals surface area contributed by atoms with Crippen LogP contribution in [0, 0.1) is 0 Å². The number of carbonyl (C=O) groups is 1. The van der Waals surface area contributed by atoms with Gasteiger partial charge in [0.1, 0.15) is 5.75 Å². The summed E-state index contributed by atoms with van der Waals surface area (Å²) in [4.78, 5) is 13.8. The number of benzene rings is 1. The minimum atomic E-state index is -0.0735. The van der Waals surface area contributed by atoms with Gasteiger partial charge in [-0.1, -0.05) is 12.1 Å². The second-order valence-corrected chi connectivity index (χ2v) is 5.80. The molecule has 0 bridgehead atoms. The second-order valence-electron chi connectivity index (χ2n) is 5.80. The molecule has 0 spiro atoms. The Bertz CT molecular complexity index is 450. The van der Waals surface area contributed by atoms with E-state index in [9.17, 15) is 4.79 Å². The molecule has 1 aliphatic heterocycles. The predicted molar refractivity (Wildman–Crippen MR) is 87.3 cm³/mol. The summed E-state index contributed by atoms with van der Waals surface area (Å²) in [5, 5.41) is 0. The molecule has 1 heterocycles. The van der Waals surface area contributed by atoms with E-state index in [0.29, 0.717) is 18.9 Å². The monoisotopic (exact) mass is 305 g/mol. The van der Waals surface area contributed by atoms with Crippen molar-refractivity contribution in [2.75, 3.05) is 33.4 Å². The van der Waals surface area contributed by atoms with Crippen LogP contribution >= 0.6 is 0 Å². The Morgan fingerprint density at radius 2 is 1.91 bits per heavy atom. The molecule has 1 aromatic carbocycles. The number of hydrogen-bond acceptors (Lipinski definition) is 4. The van der Waals surface area contributed by atoms with E-state index in [1.807, 2.05) is 19.1 Å². The molecular weight excluding hydrogens is 278 g/mol. The molecule has 0 saturated carbocycles. The number of piperidine rings is 1. The molecule has 122 valence electrons. The molecule has 0 radical (unpaired) electrons. The van der Waals surface area contributed by atoms with Gasteiger partial charge in [0.2, 0.25) is 0 Å². The number of ether oxygens (including phenoxy) is 2. The summed E-state index contributed by atoms with van der Waals surface area (Å²) >= 11 is 0. The van der Waals surface area contributed by atoms with Crippen molar-refractivity contribution in [2.24, 2.45) is 0 Å². The maximum atomic E-state index is 11.3. The summed E-state index contributed by atoms with van der Waals surface area (Å²) in [5.74, 6) is 1.49. The zero-order valence-electron chi connectivity index (χ0n) is 13.7. The van der Waals surface area contributed by atoms with E-state index in [2.05, 4.69) is 17.0 Å². The number of nitrogens with zero attached hydrogens (tertiary/aromatic N) is 1. The number of carbonyl (C=O) groups excluding carboxylic acids is 1.